The molecule has 0 aliphatic heterocycles. The Balaban J connectivity index is 2.28. The highest BCUT2D eigenvalue weighted by Gasteiger charge is 2.22. The number of furan rings is 1. The molecular formula is C10H13BrN4O3S. The Hall–Kier alpha value is -1.32. The number of aryl methyl sites for hydroxylation is 1. The van der Waals surface area contributed by atoms with Crippen molar-refractivity contribution in [1.29, 1.82) is 0 Å². The predicted molar refractivity (Wildman–Crippen MR) is 73.2 cm³/mol. The summed E-state index contributed by atoms with van der Waals surface area (Å²) >= 11 is 3.11. The number of nitrogens with zero attached hydrogens (tertiary/aromatic N) is 2. The largest absolute Gasteiger partial charge is 0.451 e. The van der Waals surface area contributed by atoms with Crippen LogP contribution in [0.2, 0.25) is 0 Å². The first-order valence-electron chi connectivity index (χ1n) is 5.36. The van der Waals surface area contributed by atoms with Crippen LogP contribution in [0.15, 0.2) is 32.4 Å². The highest BCUT2D eigenvalue weighted by Crippen LogP contribution is 2.27. The van der Waals surface area contributed by atoms with Crippen molar-refractivity contribution < 1.29 is 12.8 Å². The lowest BCUT2D eigenvalue weighted by Gasteiger charge is -2.02. The van der Waals surface area contributed by atoms with E-state index in [0.29, 0.717) is 18.0 Å². The summed E-state index contributed by atoms with van der Waals surface area (Å²) in [5, 5.41) is 6.78. The molecule has 0 aliphatic rings. The number of hydrogen-bond acceptors (Lipinski definition) is 5. The Kier molecular flexibility index (Phi) is 3.97. The molecule has 0 unspecified atom stereocenters. The Morgan fingerprint density at radius 3 is 2.84 bits per heavy atom. The van der Waals surface area contributed by atoms with Gasteiger partial charge in [0.05, 0.1) is 18.4 Å². The number of nitrogens with one attached hydrogen (secondary N) is 2. The monoisotopic (exact) mass is 348 g/mol. The zero-order valence-electron chi connectivity index (χ0n) is 10.3. The van der Waals surface area contributed by atoms with Gasteiger partial charge in [-0.1, -0.05) is 0 Å². The zero-order valence-corrected chi connectivity index (χ0v) is 12.7. The summed E-state index contributed by atoms with van der Waals surface area (Å²) in [7, 11) is -0.246. The molecule has 0 radical (unpaired) electrons. The topological polar surface area (TPSA) is 89.2 Å². The summed E-state index contributed by atoms with van der Waals surface area (Å²) in [5.41, 5.74) is 0.394. The van der Waals surface area contributed by atoms with Crippen LogP contribution in [0.25, 0.3) is 0 Å². The average Bonchev–Trinajstić information content (AvgIpc) is 2.86. The van der Waals surface area contributed by atoms with Crippen LogP contribution in [0.1, 0.15) is 5.76 Å². The normalized spacial score (nSPS) is 11.7. The van der Waals surface area contributed by atoms with Gasteiger partial charge in [-0.05, 0) is 23.0 Å². The summed E-state index contributed by atoms with van der Waals surface area (Å²) in [4.78, 5) is 0.0570. The molecule has 0 aliphatic carbocycles. The van der Waals surface area contributed by atoms with Crippen LogP contribution in [-0.4, -0.2) is 25.2 Å². The van der Waals surface area contributed by atoms with E-state index in [4.69, 9.17) is 4.42 Å². The highest BCUT2D eigenvalue weighted by atomic mass is 79.9. The summed E-state index contributed by atoms with van der Waals surface area (Å²) < 4.78 is 33.8. The van der Waals surface area contributed by atoms with Gasteiger partial charge in [-0.2, -0.15) is 5.10 Å². The Bertz CT molecular complexity index is 677. The van der Waals surface area contributed by atoms with Crippen molar-refractivity contribution in [3.63, 3.8) is 0 Å². The molecule has 7 nitrogen and oxygen atoms in total. The molecule has 0 bridgehead atoms. The summed E-state index contributed by atoms with van der Waals surface area (Å²) in [6.45, 7) is 0.445. The first-order chi connectivity index (χ1) is 8.92. The van der Waals surface area contributed by atoms with Crippen LogP contribution in [0.3, 0.4) is 0 Å². The van der Waals surface area contributed by atoms with E-state index in [-0.39, 0.29) is 9.56 Å². The Morgan fingerprint density at radius 1 is 1.53 bits per heavy atom. The second kappa shape index (κ2) is 5.35. The molecule has 2 heterocycles. The van der Waals surface area contributed by atoms with E-state index in [0.717, 1.165) is 0 Å². The minimum atomic E-state index is -3.70. The van der Waals surface area contributed by atoms with Gasteiger partial charge in [0, 0.05) is 19.3 Å². The van der Waals surface area contributed by atoms with Gasteiger partial charge in [-0.15, -0.1) is 0 Å². The first kappa shape index (κ1) is 14.1. The molecule has 0 saturated heterocycles. The molecule has 2 N–H and O–H groups in total. The van der Waals surface area contributed by atoms with Gasteiger partial charge in [0.1, 0.15) is 10.7 Å². The van der Waals surface area contributed by atoms with Crippen molar-refractivity contribution in [3.8, 4) is 0 Å². The Morgan fingerprint density at radius 2 is 2.26 bits per heavy atom. The fraction of sp³-hybridized carbons (Fsp3) is 0.300. The van der Waals surface area contributed by atoms with Crippen LogP contribution in [-0.2, 0) is 23.6 Å². The van der Waals surface area contributed by atoms with Crippen LogP contribution >= 0.6 is 15.9 Å². The highest BCUT2D eigenvalue weighted by molar-refractivity contribution is 9.10. The number of anilines is 1. The molecule has 2 rings (SSSR count). The third-order valence-electron chi connectivity index (χ3n) is 2.30. The number of rotatable bonds is 5. The maximum atomic E-state index is 12.2. The summed E-state index contributed by atoms with van der Waals surface area (Å²) in [6, 6.07) is 1.47. The van der Waals surface area contributed by atoms with Gasteiger partial charge < -0.3 is 9.73 Å². The lowest BCUT2D eigenvalue weighted by Crippen LogP contribution is -2.12. The maximum absolute atomic E-state index is 12.2. The molecular weight excluding hydrogens is 336 g/mol. The lowest BCUT2D eigenvalue weighted by atomic mass is 10.4. The lowest BCUT2D eigenvalue weighted by molar-refractivity contribution is 0.470. The minimum Gasteiger partial charge on any atom is -0.451 e. The first-order valence-corrected chi connectivity index (χ1v) is 7.64. The van der Waals surface area contributed by atoms with Gasteiger partial charge in [0.2, 0.25) is 0 Å². The molecule has 0 aromatic carbocycles. The molecule has 2 aromatic rings. The van der Waals surface area contributed by atoms with Crippen molar-refractivity contribution in [2.75, 3.05) is 11.8 Å². The van der Waals surface area contributed by atoms with Crippen molar-refractivity contribution in [2.45, 2.75) is 11.4 Å². The van der Waals surface area contributed by atoms with Gasteiger partial charge in [0.25, 0.3) is 10.0 Å². The second-order valence-electron chi connectivity index (χ2n) is 3.89. The quantitative estimate of drug-likeness (QED) is 0.849. The van der Waals surface area contributed by atoms with Crippen molar-refractivity contribution in [2.24, 2.45) is 7.05 Å². The maximum Gasteiger partial charge on any atom is 0.266 e. The fourth-order valence-corrected chi connectivity index (χ4v) is 3.55. The van der Waals surface area contributed by atoms with Crippen LogP contribution in [0.4, 0.5) is 5.69 Å². The molecule has 0 saturated carbocycles. The molecule has 104 valence electrons. The minimum absolute atomic E-state index is 0.0570. The van der Waals surface area contributed by atoms with Crippen molar-refractivity contribution in [3.05, 3.63) is 28.9 Å². The van der Waals surface area contributed by atoms with E-state index in [1.165, 1.54) is 16.9 Å². The van der Waals surface area contributed by atoms with Crippen LogP contribution < -0.4 is 10.0 Å². The van der Waals surface area contributed by atoms with Gasteiger partial charge in [-0.25, -0.2) is 8.42 Å². The van der Waals surface area contributed by atoms with Crippen LogP contribution in [0.5, 0.6) is 0 Å². The molecule has 0 fully saturated rings. The summed E-state index contributed by atoms with van der Waals surface area (Å²) in [6.07, 6.45) is 3.00. The molecule has 0 spiro atoms. The smallest absolute Gasteiger partial charge is 0.266 e. The van der Waals surface area contributed by atoms with Gasteiger partial charge >= 0.3 is 0 Å². The standard InChI is InChI=1S/C10H13BrN4O3S/c1-12-5-8-3-9(10(11)18-8)19(16,17)14-7-4-13-15(2)6-7/h3-4,6,12,14H,5H2,1-2H3. The summed E-state index contributed by atoms with van der Waals surface area (Å²) in [5.74, 6) is 0.529. The third-order valence-corrected chi connectivity index (χ3v) is 4.54. The molecule has 9 heteroatoms. The van der Waals surface area contributed by atoms with Gasteiger partial charge in [-0.3, -0.25) is 9.40 Å². The van der Waals surface area contributed by atoms with E-state index >= 15 is 0 Å². The van der Waals surface area contributed by atoms with Crippen molar-refractivity contribution >= 4 is 31.6 Å². The zero-order chi connectivity index (χ0) is 14.0. The molecule has 0 amide bonds. The fourth-order valence-electron chi connectivity index (χ4n) is 1.53. The van der Waals surface area contributed by atoms with E-state index in [1.807, 2.05) is 0 Å². The number of aromatic nitrogens is 2. The molecule has 0 atom stereocenters. The molecule has 2 aromatic heterocycles. The third kappa shape index (κ3) is 3.17. The number of hydrogen-bond donors (Lipinski definition) is 2. The second-order valence-corrected chi connectivity index (χ2v) is 6.26. The molecule has 19 heavy (non-hydrogen) atoms. The van der Waals surface area contributed by atoms with E-state index < -0.39 is 10.0 Å². The number of halogens is 1. The van der Waals surface area contributed by atoms with E-state index in [2.05, 4.69) is 31.1 Å². The average molecular weight is 349 g/mol. The number of sulfonamides is 1. The SMILES string of the molecule is CNCc1cc(S(=O)(=O)Nc2cnn(C)c2)c(Br)o1. The van der Waals surface area contributed by atoms with E-state index in [1.54, 1.807) is 20.3 Å². The Labute approximate surface area is 119 Å². The van der Waals surface area contributed by atoms with Crippen molar-refractivity contribution in [1.82, 2.24) is 15.1 Å². The predicted octanol–water partition coefficient (Wildman–Crippen LogP) is 1.30. The van der Waals surface area contributed by atoms with Crippen LogP contribution in [0, 0.1) is 0 Å². The van der Waals surface area contributed by atoms with E-state index in [9.17, 15) is 8.42 Å². The van der Waals surface area contributed by atoms with Gasteiger partial charge in [0.15, 0.2) is 4.67 Å².